The summed E-state index contributed by atoms with van der Waals surface area (Å²) in [5, 5.41) is 16.4. The van der Waals surface area contributed by atoms with Crippen LogP contribution in [0, 0.1) is 0 Å². The van der Waals surface area contributed by atoms with Crippen LogP contribution < -0.4 is 15.0 Å². The molecule has 30 heavy (non-hydrogen) atoms. The fraction of sp³-hybridized carbons (Fsp3) is 0.167. The second-order valence-corrected chi connectivity index (χ2v) is 6.89. The minimum absolute atomic E-state index is 0.0274. The maximum Gasteiger partial charge on any atom is 0.274 e. The molecular formula is C24H22N2O4. The third-order valence-electron chi connectivity index (χ3n) is 4.80. The van der Waals surface area contributed by atoms with Gasteiger partial charge in [-0.25, -0.2) is 4.68 Å². The summed E-state index contributed by atoms with van der Waals surface area (Å²) < 4.78 is 12.1. The molecule has 0 spiro atoms. The zero-order valence-electron chi connectivity index (χ0n) is 16.6. The van der Waals surface area contributed by atoms with Gasteiger partial charge in [0.05, 0.1) is 24.7 Å². The van der Waals surface area contributed by atoms with E-state index in [1.54, 1.807) is 37.4 Å². The molecule has 0 saturated heterocycles. The highest BCUT2D eigenvalue weighted by atomic mass is 16.5. The Morgan fingerprint density at radius 1 is 0.900 bits per heavy atom. The maximum absolute atomic E-state index is 12.9. The second kappa shape index (κ2) is 8.80. The zero-order valence-corrected chi connectivity index (χ0v) is 16.6. The Labute approximate surface area is 173 Å². The predicted octanol–water partition coefficient (Wildman–Crippen LogP) is 3.51. The van der Waals surface area contributed by atoms with E-state index >= 15 is 0 Å². The van der Waals surface area contributed by atoms with Gasteiger partial charge in [-0.3, -0.25) is 4.79 Å². The first-order chi connectivity index (χ1) is 14.7. The Balaban J connectivity index is 1.59. The molecule has 152 valence electrons. The van der Waals surface area contributed by atoms with E-state index < -0.39 is 6.10 Å². The topological polar surface area (TPSA) is 73.6 Å². The van der Waals surface area contributed by atoms with Crippen molar-refractivity contribution in [1.29, 1.82) is 0 Å². The number of methoxy groups -OCH3 is 1. The molecule has 0 amide bonds. The van der Waals surface area contributed by atoms with Gasteiger partial charge in [-0.1, -0.05) is 48.5 Å². The van der Waals surface area contributed by atoms with Crippen LogP contribution in [0.2, 0.25) is 0 Å². The van der Waals surface area contributed by atoms with Gasteiger partial charge in [0.25, 0.3) is 5.56 Å². The molecule has 1 unspecified atom stereocenters. The Bertz CT molecular complexity index is 1190. The number of aromatic nitrogens is 2. The molecule has 0 radical (unpaired) electrons. The first-order valence-electron chi connectivity index (χ1n) is 9.66. The molecule has 1 atom stereocenters. The lowest BCUT2D eigenvalue weighted by Gasteiger charge is -2.15. The molecule has 6 heteroatoms. The Morgan fingerprint density at radius 2 is 1.53 bits per heavy atom. The van der Waals surface area contributed by atoms with Crippen LogP contribution in [0.3, 0.4) is 0 Å². The number of hydrogen-bond acceptors (Lipinski definition) is 5. The highest BCUT2D eigenvalue weighted by Crippen LogP contribution is 2.24. The lowest BCUT2D eigenvalue weighted by molar-refractivity contribution is 0.0882. The summed E-state index contributed by atoms with van der Waals surface area (Å²) in [5.74, 6) is 1.34. The van der Waals surface area contributed by atoms with E-state index in [1.165, 1.54) is 4.68 Å². The number of fused-ring (bicyclic) bond motifs is 1. The summed E-state index contributed by atoms with van der Waals surface area (Å²) in [6.07, 6.45) is -0.901. The van der Waals surface area contributed by atoms with Crippen LogP contribution in [-0.2, 0) is 6.54 Å². The molecular weight excluding hydrogens is 380 g/mol. The molecule has 1 aromatic heterocycles. The number of rotatable bonds is 7. The van der Waals surface area contributed by atoms with Gasteiger partial charge in [0.1, 0.15) is 24.2 Å². The first-order valence-corrected chi connectivity index (χ1v) is 9.66. The van der Waals surface area contributed by atoms with E-state index in [1.807, 2.05) is 48.5 Å². The second-order valence-electron chi connectivity index (χ2n) is 6.89. The molecule has 0 aliphatic rings. The molecule has 0 saturated carbocycles. The van der Waals surface area contributed by atoms with Crippen LogP contribution >= 0.6 is 0 Å². The van der Waals surface area contributed by atoms with Crippen molar-refractivity contribution in [2.75, 3.05) is 13.7 Å². The molecule has 4 rings (SSSR count). The van der Waals surface area contributed by atoms with Gasteiger partial charge in [-0.05, 0) is 30.3 Å². The highest BCUT2D eigenvalue weighted by Gasteiger charge is 2.15. The average molecular weight is 402 g/mol. The summed E-state index contributed by atoms with van der Waals surface area (Å²) in [6.45, 7) is 0.0631. The molecule has 0 fully saturated rings. The molecule has 0 aliphatic carbocycles. The van der Waals surface area contributed by atoms with E-state index in [0.717, 1.165) is 16.7 Å². The van der Waals surface area contributed by atoms with E-state index in [4.69, 9.17) is 9.47 Å². The Hall–Kier alpha value is -3.64. The van der Waals surface area contributed by atoms with Crippen LogP contribution in [0.4, 0.5) is 0 Å². The lowest BCUT2D eigenvalue weighted by Crippen LogP contribution is -2.32. The predicted molar refractivity (Wildman–Crippen MR) is 116 cm³/mol. The molecule has 4 aromatic rings. The SMILES string of the molecule is COc1ccc(OCC(O)Cn2nc(-c3ccccc3)c3ccccc3c2=O)cc1. The standard InChI is InChI=1S/C24H22N2O4/c1-29-19-11-13-20(14-12-19)30-16-18(27)15-26-24(28)22-10-6-5-9-21(22)23(25-26)17-7-3-2-4-8-17/h2-14,18,27H,15-16H2,1H3. The summed E-state index contributed by atoms with van der Waals surface area (Å²) in [7, 11) is 1.59. The van der Waals surface area contributed by atoms with Gasteiger partial charge in [0.15, 0.2) is 0 Å². The fourth-order valence-corrected chi connectivity index (χ4v) is 3.28. The van der Waals surface area contributed by atoms with E-state index in [2.05, 4.69) is 5.10 Å². The minimum atomic E-state index is -0.901. The monoisotopic (exact) mass is 402 g/mol. The van der Waals surface area contributed by atoms with Gasteiger partial charge < -0.3 is 14.6 Å². The largest absolute Gasteiger partial charge is 0.497 e. The van der Waals surface area contributed by atoms with Crippen LogP contribution in [0.25, 0.3) is 22.0 Å². The summed E-state index contributed by atoms with van der Waals surface area (Å²) in [6, 6.07) is 24.2. The average Bonchev–Trinajstić information content (AvgIpc) is 2.80. The Morgan fingerprint density at radius 3 is 2.23 bits per heavy atom. The number of aliphatic hydroxyl groups is 1. The van der Waals surface area contributed by atoms with E-state index in [0.29, 0.717) is 16.8 Å². The third kappa shape index (κ3) is 4.18. The fourth-order valence-electron chi connectivity index (χ4n) is 3.28. The van der Waals surface area contributed by atoms with Crippen molar-refractivity contribution in [2.24, 2.45) is 0 Å². The Kier molecular flexibility index (Phi) is 5.77. The number of benzene rings is 3. The maximum atomic E-state index is 12.9. The van der Waals surface area contributed by atoms with Crippen LogP contribution in [-0.4, -0.2) is 34.7 Å². The quantitative estimate of drug-likeness (QED) is 0.512. The molecule has 0 aliphatic heterocycles. The van der Waals surface area contributed by atoms with Crippen LogP contribution in [0.15, 0.2) is 83.7 Å². The van der Waals surface area contributed by atoms with E-state index in [9.17, 15) is 9.90 Å². The number of nitrogens with zero attached hydrogens (tertiary/aromatic N) is 2. The number of hydrogen-bond donors (Lipinski definition) is 1. The summed E-state index contributed by atoms with van der Waals surface area (Å²) in [4.78, 5) is 12.9. The van der Waals surface area contributed by atoms with Crippen molar-refractivity contribution in [1.82, 2.24) is 9.78 Å². The van der Waals surface area contributed by atoms with Crippen molar-refractivity contribution >= 4 is 10.8 Å². The molecule has 1 heterocycles. The molecule has 0 bridgehead atoms. The van der Waals surface area contributed by atoms with Crippen molar-refractivity contribution < 1.29 is 14.6 Å². The van der Waals surface area contributed by atoms with Crippen molar-refractivity contribution in [2.45, 2.75) is 12.6 Å². The van der Waals surface area contributed by atoms with Gasteiger partial charge in [0, 0.05) is 10.9 Å². The minimum Gasteiger partial charge on any atom is -0.497 e. The normalized spacial score (nSPS) is 11.9. The van der Waals surface area contributed by atoms with Gasteiger partial charge in [0.2, 0.25) is 0 Å². The smallest absolute Gasteiger partial charge is 0.274 e. The number of ether oxygens (including phenoxy) is 2. The van der Waals surface area contributed by atoms with Gasteiger partial charge >= 0.3 is 0 Å². The molecule has 3 aromatic carbocycles. The third-order valence-corrected chi connectivity index (χ3v) is 4.80. The van der Waals surface area contributed by atoms with Crippen molar-refractivity contribution in [3.8, 4) is 22.8 Å². The summed E-state index contributed by atoms with van der Waals surface area (Å²) in [5.41, 5.74) is 1.37. The first kappa shape index (κ1) is 19.7. The van der Waals surface area contributed by atoms with Crippen molar-refractivity contribution in [3.63, 3.8) is 0 Å². The van der Waals surface area contributed by atoms with Crippen LogP contribution in [0.1, 0.15) is 0 Å². The van der Waals surface area contributed by atoms with Gasteiger partial charge in [-0.15, -0.1) is 0 Å². The van der Waals surface area contributed by atoms with E-state index in [-0.39, 0.29) is 18.7 Å². The zero-order chi connectivity index (χ0) is 20.9. The molecule has 1 N–H and O–H groups in total. The summed E-state index contributed by atoms with van der Waals surface area (Å²) >= 11 is 0. The van der Waals surface area contributed by atoms with Crippen LogP contribution in [0.5, 0.6) is 11.5 Å². The van der Waals surface area contributed by atoms with Crippen molar-refractivity contribution in [3.05, 3.63) is 89.2 Å². The van der Waals surface area contributed by atoms with Gasteiger partial charge in [-0.2, -0.15) is 5.10 Å². The molecule has 6 nitrogen and oxygen atoms in total. The number of aliphatic hydroxyl groups excluding tert-OH is 1. The lowest BCUT2D eigenvalue weighted by atomic mass is 10.1. The highest BCUT2D eigenvalue weighted by molar-refractivity contribution is 5.93.